The molecule has 92 valence electrons. The normalized spacial score (nSPS) is 12.6. The van der Waals surface area contributed by atoms with Gasteiger partial charge in [-0.3, -0.25) is 4.57 Å². The minimum atomic E-state index is -3.08. The lowest BCUT2D eigenvalue weighted by Gasteiger charge is -2.22. The first-order valence-corrected chi connectivity index (χ1v) is 7.91. The second-order valence-corrected chi connectivity index (χ2v) is 6.74. The zero-order chi connectivity index (χ0) is 12.2. The van der Waals surface area contributed by atoms with Crippen molar-refractivity contribution in [3.8, 4) is 0 Å². The van der Waals surface area contributed by atoms with Gasteiger partial charge in [-0.1, -0.05) is 0 Å². The summed E-state index contributed by atoms with van der Waals surface area (Å²) in [4.78, 5) is 4.10. The Bertz CT molecular complexity index is 337. The molecule has 4 nitrogen and oxygen atoms in total. The molecule has 0 amide bonds. The van der Waals surface area contributed by atoms with Crippen LogP contribution in [0.3, 0.4) is 0 Å². The summed E-state index contributed by atoms with van der Waals surface area (Å²) in [6.07, 6.45) is -0.00112. The molecule has 0 fully saturated rings. The number of aromatic nitrogens is 1. The van der Waals surface area contributed by atoms with E-state index in [1.165, 1.54) is 11.3 Å². The Morgan fingerprint density at radius 1 is 1.31 bits per heavy atom. The van der Waals surface area contributed by atoms with Crippen LogP contribution in [0.2, 0.25) is 0 Å². The second kappa shape index (κ2) is 5.92. The molecule has 0 saturated heterocycles. The van der Waals surface area contributed by atoms with Gasteiger partial charge in [0, 0.05) is 5.38 Å². The highest BCUT2D eigenvalue weighted by atomic mass is 32.1. The van der Waals surface area contributed by atoms with Crippen molar-refractivity contribution in [2.24, 2.45) is 0 Å². The minimum absolute atomic E-state index is 0.122. The lowest BCUT2D eigenvalue weighted by Crippen LogP contribution is -2.09. The summed E-state index contributed by atoms with van der Waals surface area (Å²) in [5.74, 6) is 0. The molecule has 0 aliphatic heterocycles. The highest BCUT2D eigenvalue weighted by Crippen LogP contribution is 2.53. The molecule has 0 radical (unpaired) electrons. The van der Waals surface area contributed by atoms with Crippen molar-refractivity contribution in [1.82, 2.24) is 4.98 Å². The molecule has 0 bridgehead atoms. The van der Waals surface area contributed by atoms with Crippen LogP contribution in [0.1, 0.15) is 33.4 Å². The molecule has 1 rings (SSSR count). The van der Waals surface area contributed by atoms with Crippen LogP contribution in [0.15, 0.2) is 10.9 Å². The van der Waals surface area contributed by atoms with Gasteiger partial charge in [0.05, 0.1) is 29.6 Å². The number of hydrogen-bond donors (Lipinski definition) is 0. The number of rotatable bonds is 6. The first-order valence-electron chi connectivity index (χ1n) is 5.24. The molecule has 0 spiro atoms. The van der Waals surface area contributed by atoms with Crippen LogP contribution in [0.4, 0.5) is 0 Å². The first-order chi connectivity index (χ1) is 7.41. The van der Waals surface area contributed by atoms with Crippen LogP contribution in [0.5, 0.6) is 0 Å². The van der Waals surface area contributed by atoms with Gasteiger partial charge in [0.15, 0.2) is 0 Å². The van der Waals surface area contributed by atoms with Crippen molar-refractivity contribution in [3.63, 3.8) is 0 Å². The topological polar surface area (TPSA) is 48.4 Å². The third kappa shape index (κ3) is 4.74. The number of hydrogen-bond acceptors (Lipinski definition) is 5. The Morgan fingerprint density at radius 2 is 1.88 bits per heavy atom. The molecule has 0 unspecified atom stereocenters. The smallest absolute Gasteiger partial charge is 0.306 e. The standard InChI is InChI=1S/C10H18NO3PS/c1-8(2)13-15(12,14-9(3)4)5-10-6-16-7-11-10/h6-9H,5H2,1-4H3. The summed E-state index contributed by atoms with van der Waals surface area (Å²) >= 11 is 1.47. The fraction of sp³-hybridized carbons (Fsp3) is 0.700. The molecule has 0 aliphatic carbocycles. The Labute approximate surface area is 101 Å². The highest BCUT2D eigenvalue weighted by Gasteiger charge is 2.28. The molecule has 16 heavy (non-hydrogen) atoms. The Hall–Kier alpha value is -0.220. The van der Waals surface area contributed by atoms with Crippen molar-refractivity contribution in [2.45, 2.75) is 46.1 Å². The van der Waals surface area contributed by atoms with Crippen LogP contribution in [-0.2, 0) is 19.8 Å². The van der Waals surface area contributed by atoms with Crippen molar-refractivity contribution in [2.75, 3.05) is 0 Å². The molecule has 0 aromatic carbocycles. The van der Waals surface area contributed by atoms with Gasteiger partial charge in [0.25, 0.3) is 0 Å². The predicted molar refractivity (Wildman–Crippen MR) is 65.9 cm³/mol. The number of thiazole rings is 1. The van der Waals surface area contributed by atoms with Crippen LogP contribution in [-0.4, -0.2) is 17.2 Å². The Balaban J connectivity index is 2.74. The summed E-state index contributed by atoms with van der Waals surface area (Å²) in [6.45, 7) is 7.38. The van der Waals surface area contributed by atoms with Crippen LogP contribution >= 0.6 is 18.9 Å². The van der Waals surface area contributed by atoms with E-state index in [-0.39, 0.29) is 18.4 Å². The van der Waals surface area contributed by atoms with Gasteiger partial charge in [0.2, 0.25) is 0 Å². The van der Waals surface area contributed by atoms with Gasteiger partial charge in [-0.05, 0) is 27.7 Å². The SMILES string of the molecule is CC(C)OP(=O)(Cc1cscn1)OC(C)C. The molecule has 1 aromatic rings. The first kappa shape index (κ1) is 13.8. The van der Waals surface area contributed by atoms with Gasteiger partial charge in [-0.25, -0.2) is 4.98 Å². The number of nitrogens with zero attached hydrogens (tertiary/aromatic N) is 1. The predicted octanol–water partition coefficient (Wildman–Crippen LogP) is 3.69. The summed E-state index contributed by atoms with van der Waals surface area (Å²) < 4.78 is 23.3. The van der Waals surface area contributed by atoms with Gasteiger partial charge in [0.1, 0.15) is 0 Å². The van der Waals surface area contributed by atoms with Crippen LogP contribution < -0.4 is 0 Å². The zero-order valence-electron chi connectivity index (χ0n) is 10.0. The largest absolute Gasteiger partial charge is 0.337 e. The van der Waals surface area contributed by atoms with E-state index in [1.807, 2.05) is 33.1 Å². The van der Waals surface area contributed by atoms with Crippen molar-refractivity contribution < 1.29 is 13.6 Å². The van der Waals surface area contributed by atoms with E-state index in [9.17, 15) is 4.57 Å². The van der Waals surface area contributed by atoms with Gasteiger partial charge < -0.3 is 9.05 Å². The molecule has 6 heteroatoms. The molecule has 0 atom stereocenters. The van der Waals surface area contributed by atoms with E-state index < -0.39 is 7.60 Å². The zero-order valence-corrected chi connectivity index (χ0v) is 11.8. The summed E-state index contributed by atoms with van der Waals surface area (Å²) in [5.41, 5.74) is 2.47. The molecular weight excluding hydrogens is 245 g/mol. The fourth-order valence-corrected chi connectivity index (χ4v) is 3.99. The molecule has 0 aliphatic rings. The van der Waals surface area contributed by atoms with E-state index in [0.29, 0.717) is 0 Å². The average molecular weight is 263 g/mol. The summed E-state index contributed by atoms with van der Waals surface area (Å²) in [5, 5.41) is 1.86. The van der Waals surface area contributed by atoms with Gasteiger partial charge in [-0.2, -0.15) is 0 Å². The maximum Gasteiger partial charge on any atom is 0.337 e. The van der Waals surface area contributed by atoms with E-state index in [2.05, 4.69) is 4.98 Å². The minimum Gasteiger partial charge on any atom is -0.306 e. The quantitative estimate of drug-likeness (QED) is 0.734. The van der Waals surface area contributed by atoms with E-state index in [1.54, 1.807) is 5.51 Å². The lowest BCUT2D eigenvalue weighted by molar-refractivity contribution is 0.141. The Morgan fingerprint density at radius 3 is 2.25 bits per heavy atom. The fourth-order valence-electron chi connectivity index (χ4n) is 1.26. The van der Waals surface area contributed by atoms with E-state index in [0.717, 1.165) is 5.69 Å². The lowest BCUT2D eigenvalue weighted by atomic mass is 10.5. The average Bonchev–Trinajstić information content (AvgIpc) is 2.51. The second-order valence-electron chi connectivity index (χ2n) is 4.06. The van der Waals surface area contributed by atoms with Crippen molar-refractivity contribution in [3.05, 3.63) is 16.6 Å². The molecule has 0 saturated carbocycles. The van der Waals surface area contributed by atoms with E-state index >= 15 is 0 Å². The van der Waals surface area contributed by atoms with Crippen molar-refractivity contribution in [1.29, 1.82) is 0 Å². The summed E-state index contributed by atoms with van der Waals surface area (Å²) in [6, 6.07) is 0. The molecule has 0 N–H and O–H groups in total. The molecule has 1 aromatic heterocycles. The highest BCUT2D eigenvalue weighted by molar-refractivity contribution is 7.53. The van der Waals surface area contributed by atoms with Crippen LogP contribution in [0.25, 0.3) is 0 Å². The maximum absolute atomic E-state index is 12.4. The third-order valence-electron chi connectivity index (χ3n) is 1.58. The van der Waals surface area contributed by atoms with Crippen molar-refractivity contribution >= 4 is 18.9 Å². The maximum atomic E-state index is 12.4. The van der Waals surface area contributed by atoms with Gasteiger partial charge in [-0.15, -0.1) is 11.3 Å². The monoisotopic (exact) mass is 263 g/mol. The van der Waals surface area contributed by atoms with Gasteiger partial charge >= 0.3 is 7.60 Å². The molecular formula is C10H18NO3PS. The Kier molecular flexibility index (Phi) is 5.12. The third-order valence-corrected chi connectivity index (χ3v) is 4.41. The molecule has 1 heterocycles. The van der Waals surface area contributed by atoms with Crippen LogP contribution in [0, 0.1) is 0 Å². The summed E-state index contributed by atoms with van der Waals surface area (Å²) in [7, 11) is -3.08. The van der Waals surface area contributed by atoms with E-state index in [4.69, 9.17) is 9.05 Å².